The standard InChI is InChI=1S/C15H20N2O2/c1-2-8-17-9-3-4-12-11-13(5-6-14(12)17)15(19)16-7-10-18/h2,5-6,11,18H,1,3-4,7-10H2,(H,16,19). The van der Waals surface area contributed by atoms with Gasteiger partial charge in [0.05, 0.1) is 6.61 Å². The molecular formula is C15H20N2O2. The van der Waals surface area contributed by atoms with Gasteiger partial charge in [0.25, 0.3) is 5.91 Å². The molecule has 0 radical (unpaired) electrons. The molecule has 0 unspecified atom stereocenters. The first kappa shape index (κ1) is 13.6. The molecule has 102 valence electrons. The van der Waals surface area contributed by atoms with E-state index in [1.165, 1.54) is 11.3 Å². The van der Waals surface area contributed by atoms with Crippen molar-refractivity contribution in [1.29, 1.82) is 0 Å². The van der Waals surface area contributed by atoms with Crippen LogP contribution >= 0.6 is 0 Å². The van der Waals surface area contributed by atoms with Gasteiger partial charge in [-0.3, -0.25) is 4.79 Å². The molecule has 1 aromatic carbocycles. The van der Waals surface area contributed by atoms with E-state index >= 15 is 0 Å². The van der Waals surface area contributed by atoms with Crippen molar-refractivity contribution in [3.8, 4) is 0 Å². The Morgan fingerprint density at radius 3 is 3.11 bits per heavy atom. The maximum absolute atomic E-state index is 11.8. The summed E-state index contributed by atoms with van der Waals surface area (Å²) in [6.45, 7) is 5.90. The Morgan fingerprint density at radius 1 is 1.53 bits per heavy atom. The molecule has 0 saturated carbocycles. The van der Waals surface area contributed by atoms with Crippen LogP contribution < -0.4 is 10.2 Å². The summed E-state index contributed by atoms with van der Waals surface area (Å²) in [5, 5.41) is 11.4. The minimum atomic E-state index is -0.127. The molecule has 0 fully saturated rings. The fraction of sp³-hybridized carbons (Fsp3) is 0.400. The molecule has 1 aliphatic heterocycles. The van der Waals surface area contributed by atoms with Gasteiger partial charge in [0.15, 0.2) is 0 Å². The largest absolute Gasteiger partial charge is 0.395 e. The summed E-state index contributed by atoms with van der Waals surface area (Å²) in [4.78, 5) is 14.1. The Hall–Kier alpha value is -1.81. The Labute approximate surface area is 113 Å². The third kappa shape index (κ3) is 3.15. The summed E-state index contributed by atoms with van der Waals surface area (Å²) < 4.78 is 0. The van der Waals surface area contributed by atoms with Crippen molar-refractivity contribution < 1.29 is 9.90 Å². The van der Waals surface area contributed by atoms with Crippen LogP contribution in [0.2, 0.25) is 0 Å². The van der Waals surface area contributed by atoms with E-state index in [0.717, 1.165) is 25.9 Å². The first-order chi connectivity index (χ1) is 9.26. The lowest BCUT2D eigenvalue weighted by Crippen LogP contribution is -2.30. The van der Waals surface area contributed by atoms with E-state index in [9.17, 15) is 4.79 Å². The van der Waals surface area contributed by atoms with Gasteiger partial charge in [-0.25, -0.2) is 0 Å². The van der Waals surface area contributed by atoms with Crippen LogP contribution in [-0.4, -0.2) is 37.3 Å². The highest BCUT2D eigenvalue weighted by molar-refractivity contribution is 5.95. The Morgan fingerprint density at radius 2 is 2.37 bits per heavy atom. The Kier molecular flexibility index (Phi) is 4.58. The van der Waals surface area contributed by atoms with Crippen LogP contribution in [-0.2, 0) is 6.42 Å². The number of amides is 1. The van der Waals surface area contributed by atoms with Crippen LogP contribution in [0.15, 0.2) is 30.9 Å². The second-order valence-corrected chi connectivity index (χ2v) is 4.66. The Bertz CT molecular complexity index is 471. The van der Waals surface area contributed by atoms with Gasteiger partial charge in [-0.05, 0) is 36.6 Å². The summed E-state index contributed by atoms with van der Waals surface area (Å²) in [6, 6.07) is 5.80. The van der Waals surface area contributed by atoms with Crippen molar-refractivity contribution in [2.24, 2.45) is 0 Å². The molecule has 19 heavy (non-hydrogen) atoms. The monoisotopic (exact) mass is 260 g/mol. The zero-order valence-electron chi connectivity index (χ0n) is 11.1. The van der Waals surface area contributed by atoms with E-state index in [1.54, 1.807) is 0 Å². The number of anilines is 1. The number of carbonyl (C=O) groups is 1. The van der Waals surface area contributed by atoms with Crippen LogP contribution in [0.1, 0.15) is 22.3 Å². The maximum atomic E-state index is 11.8. The average molecular weight is 260 g/mol. The Balaban J connectivity index is 2.18. The van der Waals surface area contributed by atoms with Gasteiger partial charge in [-0.1, -0.05) is 6.08 Å². The fourth-order valence-electron chi connectivity index (χ4n) is 2.43. The first-order valence-corrected chi connectivity index (χ1v) is 6.64. The van der Waals surface area contributed by atoms with Gasteiger partial charge < -0.3 is 15.3 Å². The summed E-state index contributed by atoms with van der Waals surface area (Å²) in [6.07, 6.45) is 4.00. The quantitative estimate of drug-likeness (QED) is 0.786. The normalized spacial score (nSPS) is 13.8. The number of benzene rings is 1. The van der Waals surface area contributed by atoms with Gasteiger partial charge in [-0.2, -0.15) is 0 Å². The van der Waals surface area contributed by atoms with Crippen molar-refractivity contribution in [3.05, 3.63) is 42.0 Å². The molecule has 0 aliphatic carbocycles. The van der Waals surface area contributed by atoms with E-state index in [0.29, 0.717) is 12.1 Å². The van der Waals surface area contributed by atoms with E-state index in [2.05, 4.69) is 16.8 Å². The zero-order valence-corrected chi connectivity index (χ0v) is 11.1. The molecule has 0 atom stereocenters. The molecule has 4 nitrogen and oxygen atoms in total. The second-order valence-electron chi connectivity index (χ2n) is 4.66. The van der Waals surface area contributed by atoms with Gasteiger partial charge in [0.1, 0.15) is 0 Å². The predicted molar refractivity (Wildman–Crippen MR) is 76.6 cm³/mol. The number of aryl methyl sites for hydroxylation is 1. The third-order valence-electron chi connectivity index (χ3n) is 3.30. The summed E-state index contributed by atoms with van der Waals surface area (Å²) in [7, 11) is 0. The van der Waals surface area contributed by atoms with Crippen LogP contribution in [0.4, 0.5) is 5.69 Å². The number of aliphatic hydroxyl groups excluding tert-OH is 1. The fourth-order valence-corrected chi connectivity index (χ4v) is 2.43. The number of nitrogens with zero attached hydrogens (tertiary/aromatic N) is 1. The minimum absolute atomic E-state index is 0.0379. The molecule has 2 N–H and O–H groups in total. The predicted octanol–water partition coefficient (Wildman–Crippen LogP) is 1.35. The first-order valence-electron chi connectivity index (χ1n) is 6.64. The smallest absolute Gasteiger partial charge is 0.251 e. The number of aliphatic hydroxyl groups is 1. The molecule has 1 amide bonds. The van der Waals surface area contributed by atoms with Crippen LogP contribution in [0, 0.1) is 0 Å². The third-order valence-corrected chi connectivity index (χ3v) is 3.30. The van der Waals surface area contributed by atoms with Gasteiger partial charge >= 0.3 is 0 Å². The molecule has 0 spiro atoms. The highest BCUT2D eigenvalue weighted by Crippen LogP contribution is 2.27. The molecule has 0 bridgehead atoms. The lowest BCUT2D eigenvalue weighted by atomic mass is 9.99. The van der Waals surface area contributed by atoms with Crippen molar-refractivity contribution in [1.82, 2.24) is 5.32 Å². The number of rotatable bonds is 5. The SMILES string of the molecule is C=CCN1CCCc2cc(C(=O)NCCO)ccc21. The van der Waals surface area contributed by atoms with Crippen molar-refractivity contribution in [2.75, 3.05) is 31.1 Å². The van der Waals surface area contributed by atoms with E-state index in [1.807, 2.05) is 24.3 Å². The van der Waals surface area contributed by atoms with Crippen LogP contribution in [0.25, 0.3) is 0 Å². The molecular weight excluding hydrogens is 240 g/mol. The van der Waals surface area contributed by atoms with Gasteiger partial charge in [0, 0.05) is 30.9 Å². The molecule has 4 heteroatoms. The van der Waals surface area contributed by atoms with Crippen molar-refractivity contribution in [3.63, 3.8) is 0 Å². The molecule has 1 aliphatic rings. The van der Waals surface area contributed by atoms with Crippen LogP contribution in [0.5, 0.6) is 0 Å². The van der Waals surface area contributed by atoms with Crippen molar-refractivity contribution >= 4 is 11.6 Å². The lowest BCUT2D eigenvalue weighted by molar-refractivity contribution is 0.0944. The molecule has 2 rings (SSSR count). The lowest BCUT2D eigenvalue weighted by Gasteiger charge is -2.30. The molecule has 1 aromatic rings. The van der Waals surface area contributed by atoms with Gasteiger partial charge in [-0.15, -0.1) is 6.58 Å². The minimum Gasteiger partial charge on any atom is -0.395 e. The summed E-state index contributed by atoms with van der Waals surface area (Å²) in [5.74, 6) is -0.127. The summed E-state index contributed by atoms with van der Waals surface area (Å²) >= 11 is 0. The number of nitrogens with one attached hydrogen (secondary N) is 1. The molecule has 0 aromatic heterocycles. The average Bonchev–Trinajstić information content (AvgIpc) is 2.45. The van der Waals surface area contributed by atoms with E-state index in [-0.39, 0.29) is 12.5 Å². The summed E-state index contributed by atoms with van der Waals surface area (Å²) in [5.41, 5.74) is 3.07. The van der Waals surface area contributed by atoms with Crippen LogP contribution in [0.3, 0.4) is 0 Å². The van der Waals surface area contributed by atoms with Crippen molar-refractivity contribution in [2.45, 2.75) is 12.8 Å². The zero-order chi connectivity index (χ0) is 13.7. The highest BCUT2D eigenvalue weighted by Gasteiger charge is 2.17. The number of fused-ring (bicyclic) bond motifs is 1. The number of hydrogen-bond donors (Lipinski definition) is 2. The molecule has 1 heterocycles. The highest BCUT2D eigenvalue weighted by atomic mass is 16.3. The van der Waals surface area contributed by atoms with Gasteiger partial charge in [0.2, 0.25) is 0 Å². The second kappa shape index (κ2) is 6.38. The van der Waals surface area contributed by atoms with E-state index in [4.69, 9.17) is 5.11 Å². The number of hydrogen-bond acceptors (Lipinski definition) is 3. The topological polar surface area (TPSA) is 52.6 Å². The maximum Gasteiger partial charge on any atom is 0.251 e. The molecule has 0 saturated heterocycles. The van der Waals surface area contributed by atoms with E-state index < -0.39 is 0 Å². The number of carbonyl (C=O) groups excluding carboxylic acids is 1.